The summed E-state index contributed by atoms with van der Waals surface area (Å²) < 4.78 is 0. The van der Waals surface area contributed by atoms with E-state index < -0.39 is 5.41 Å². The molecular formula is C61H44N2. The van der Waals surface area contributed by atoms with E-state index in [0.29, 0.717) is 0 Å². The maximum absolute atomic E-state index is 2.43. The summed E-state index contributed by atoms with van der Waals surface area (Å²) in [5, 5.41) is 0. The number of hydrogen-bond acceptors (Lipinski definition) is 2. The monoisotopic (exact) mass is 804 g/mol. The molecular weight excluding hydrogens is 761 g/mol. The van der Waals surface area contributed by atoms with Gasteiger partial charge in [-0.25, -0.2) is 0 Å². The van der Waals surface area contributed by atoms with Crippen LogP contribution >= 0.6 is 0 Å². The van der Waals surface area contributed by atoms with Crippen molar-refractivity contribution in [2.45, 2.75) is 5.41 Å². The minimum Gasteiger partial charge on any atom is -0.311 e. The van der Waals surface area contributed by atoms with Gasteiger partial charge in [-0.15, -0.1) is 0 Å². The van der Waals surface area contributed by atoms with Crippen LogP contribution in [0.25, 0.3) is 33.4 Å². The molecule has 0 saturated heterocycles. The highest BCUT2D eigenvalue weighted by Gasteiger charge is 2.46. The zero-order valence-electron chi connectivity index (χ0n) is 34.8. The van der Waals surface area contributed by atoms with Crippen LogP contribution in [0.3, 0.4) is 0 Å². The van der Waals surface area contributed by atoms with Gasteiger partial charge in [0.15, 0.2) is 0 Å². The first-order valence-electron chi connectivity index (χ1n) is 21.7. The lowest BCUT2D eigenvalue weighted by molar-refractivity contribution is 0.768. The molecule has 10 aromatic carbocycles. The molecule has 1 aliphatic carbocycles. The highest BCUT2D eigenvalue weighted by atomic mass is 15.1. The van der Waals surface area contributed by atoms with Crippen molar-refractivity contribution in [3.63, 3.8) is 0 Å². The number of para-hydroxylation sites is 2. The van der Waals surface area contributed by atoms with Gasteiger partial charge in [-0.2, -0.15) is 0 Å². The molecule has 0 N–H and O–H groups in total. The molecule has 0 fully saturated rings. The molecule has 0 radical (unpaired) electrons. The molecule has 0 amide bonds. The summed E-state index contributed by atoms with van der Waals surface area (Å²) in [6, 6.07) is 96.7. The van der Waals surface area contributed by atoms with E-state index in [0.717, 1.165) is 45.3 Å². The summed E-state index contributed by atoms with van der Waals surface area (Å²) in [7, 11) is 0. The van der Waals surface area contributed by atoms with Crippen molar-refractivity contribution < 1.29 is 0 Å². The Morgan fingerprint density at radius 1 is 0.222 bits per heavy atom. The maximum Gasteiger partial charge on any atom is 0.0714 e. The number of nitrogens with zero attached hydrogens (tertiary/aromatic N) is 2. The van der Waals surface area contributed by atoms with Crippen LogP contribution in [0.2, 0.25) is 0 Å². The van der Waals surface area contributed by atoms with Crippen LogP contribution in [0.4, 0.5) is 34.1 Å². The number of fused-ring (bicyclic) bond motifs is 3. The Morgan fingerprint density at radius 2 is 0.540 bits per heavy atom. The van der Waals surface area contributed by atoms with E-state index >= 15 is 0 Å². The van der Waals surface area contributed by atoms with Crippen LogP contribution in [0.15, 0.2) is 267 Å². The van der Waals surface area contributed by atoms with Crippen LogP contribution < -0.4 is 9.80 Å². The van der Waals surface area contributed by atoms with E-state index in [4.69, 9.17) is 0 Å². The van der Waals surface area contributed by atoms with E-state index in [9.17, 15) is 0 Å². The van der Waals surface area contributed by atoms with Gasteiger partial charge in [0.2, 0.25) is 0 Å². The van der Waals surface area contributed by atoms with Crippen LogP contribution in [0.5, 0.6) is 0 Å². The number of anilines is 6. The van der Waals surface area contributed by atoms with Gasteiger partial charge >= 0.3 is 0 Å². The van der Waals surface area contributed by atoms with Crippen molar-refractivity contribution in [3.8, 4) is 33.4 Å². The summed E-state index contributed by atoms with van der Waals surface area (Å²) in [6.45, 7) is 0. The molecule has 11 rings (SSSR count). The molecule has 1 aliphatic rings. The van der Waals surface area contributed by atoms with E-state index in [1.165, 1.54) is 44.5 Å². The van der Waals surface area contributed by atoms with Crippen molar-refractivity contribution in [1.82, 2.24) is 0 Å². The van der Waals surface area contributed by atoms with Gasteiger partial charge in [0.1, 0.15) is 0 Å². The average Bonchev–Trinajstić information content (AvgIpc) is 3.67. The van der Waals surface area contributed by atoms with Crippen molar-refractivity contribution in [1.29, 1.82) is 0 Å². The molecule has 0 unspecified atom stereocenters. The van der Waals surface area contributed by atoms with Crippen molar-refractivity contribution in [3.05, 3.63) is 289 Å². The summed E-state index contributed by atoms with van der Waals surface area (Å²) in [6.07, 6.45) is 0. The van der Waals surface area contributed by atoms with Gasteiger partial charge in [0.05, 0.1) is 5.41 Å². The molecule has 0 heterocycles. The zero-order valence-corrected chi connectivity index (χ0v) is 34.8. The minimum absolute atomic E-state index is 0.482. The first kappa shape index (κ1) is 37.8. The van der Waals surface area contributed by atoms with Gasteiger partial charge < -0.3 is 9.80 Å². The molecule has 0 aromatic heterocycles. The third-order valence-corrected chi connectivity index (χ3v) is 12.5. The van der Waals surface area contributed by atoms with Crippen molar-refractivity contribution >= 4 is 34.1 Å². The first-order chi connectivity index (χ1) is 31.3. The topological polar surface area (TPSA) is 6.48 Å². The molecule has 298 valence electrons. The standard InChI is InChI=1S/C61H44N2/c1-6-18-45(19-7-1)46-30-36-53(37-31-46)62(51-24-12-4-13-25-51)54-38-32-47(33-39-54)48-34-40-55(41-35-48)63(52-26-14-5-15-27-52)56-42-43-58-57-28-16-17-29-59(57)61(60(58)44-56,49-20-8-2-9-21-49)50-22-10-3-11-23-50/h1-44H. The van der Waals surface area contributed by atoms with Crippen LogP contribution in [-0.2, 0) is 5.41 Å². The number of hydrogen-bond donors (Lipinski definition) is 0. The van der Waals surface area contributed by atoms with Crippen LogP contribution in [0.1, 0.15) is 22.3 Å². The zero-order chi connectivity index (χ0) is 42.0. The summed E-state index contributed by atoms with van der Waals surface area (Å²) in [4.78, 5) is 4.70. The van der Waals surface area contributed by atoms with Crippen LogP contribution in [0, 0.1) is 0 Å². The van der Waals surface area contributed by atoms with Crippen molar-refractivity contribution in [2.24, 2.45) is 0 Å². The lowest BCUT2D eigenvalue weighted by Crippen LogP contribution is -2.28. The highest BCUT2D eigenvalue weighted by molar-refractivity contribution is 5.90. The second-order valence-electron chi connectivity index (χ2n) is 16.1. The van der Waals surface area contributed by atoms with Gasteiger partial charge in [-0.05, 0) is 128 Å². The van der Waals surface area contributed by atoms with Gasteiger partial charge in [0, 0.05) is 34.1 Å². The molecule has 0 aliphatic heterocycles. The van der Waals surface area contributed by atoms with Gasteiger partial charge in [0.25, 0.3) is 0 Å². The predicted molar refractivity (Wildman–Crippen MR) is 264 cm³/mol. The molecule has 63 heavy (non-hydrogen) atoms. The molecule has 2 nitrogen and oxygen atoms in total. The van der Waals surface area contributed by atoms with E-state index in [2.05, 4.69) is 277 Å². The number of rotatable bonds is 10. The molecule has 0 saturated carbocycles. The Labute approximate surface area is 370 Å². The molecule has 2 heteroatoms. The summed E-state index contributed by atoms with van der Waals surface area (Å²) in [5.74, 6) is 0. The van der Waals surface area contributed by atoms with E-state index in [1.54, 1.807) is 0 Å². The molecule has 10 aromatic rings. The summed E-state index contributed by atoms with van der Waals surface area (Å²) in [5.41, 5.74) is 18.5. The SMILES string of the molecule is c1ccc(-c2ccc(N(c3ccccc3)c3ccc(-c4ccc(N(c5ccccc5)c5ccc6c(c5)C(c5ccccc5)(c5ccccc5)c5ccccc5-6)cc4)cc3)cc2)cc1. The fraction of sp³-hybridized carbons (Fsp3) is 0.0164. The Bertz CT molecular complexity index is 3070. The van der Waals surface area contributed by atoms with E-state index in [-0.39, 0.29) is 0 Å². The smallest absolute Gasteiger partial charge is 0.0714 e. The Morgan fingerprint density at radius 3 is 1.00 bits per heavy atom. The third kappa shape index (κ3) is 6.79. The van der Waals surface area contributed by atoms with Gasteiger partial charge in [-0.3, -0.25) is 0 Å². The maximum atomic E-state index is 2.43. The second kappa shape index (κ2) is 16.3. The number of benzene rings is 10. The normalized spacial score (nSPS) is 12.3. The minimum atomic E-state index is -0.482. The second-order valence-corrected chi connectivity index (χ2v) is 16.1. The average molecular weight is 805 g/mol. The molecule has 0 atom stereocenters. The Balaban J connectivity index is 0.961. The quantitative estimate of drug-likeness (QED) is 0.136. The lowest BCUT2D eigenvalue weighted by Gasteiger charge is -2.35. The fourth-order valence-electron chi connectivity index (χ4n) is 9.66. The largest absolute Gasteiger partial charge is 0.311 e. The van der Waals surface area contributed by atoms with Gasteiger partial charge in [-0.1, -0.05) is 194 Å². The first-order valence-corrected chi connectivity index (χ1v) is 21.7. The lowest BCUT2D eigenvalue weighted by atomic mass is 9.67. The Hall–Kier alpha value is -8.20. The molecule has 0 bridgehead atoms. The Kier molecular flexibility index (Phi) is 9.80. The summed E-state index contributed by atoms with van der Waals surface area (Å²) >= 11 is 0. The fourth-order valence-corrected chi connectivity index (χ4v) is 9.66. The van der Waals surface area contributed by atoms with Crippen LogP contribution in [-0.4, -0.2) is 0 Å². The third-order valence-electron chi connectivity index (χ3n) is 12.5. The molecule has 0 spiro atoms. The predicted octanol–water partition coefficient (Wildman–Crippen LogP) is 16.3. The van der Waals surface area contributed by atoms with E-state index in [1.807, 2.05) is 0 Å². The highest BCUT2D eigenvalue weighted by Crippen LogP contribution is 2.57. The van der Waals surface area contributed by atoms with Crippen molar-refractivity contribution in [2.75, 3.05) is 9.80 Å².